The predicted octanol–water partition coefficient (Wildman–Crippen LogP) is 1.46. The Morgan fingerprint density at radius 2 is 2.26 bits per heavy atom. The zero-order chi connectivity index (χ0) is 13.7. The average Bonchev–Trinajstić information content (AvgIpc) is 2.93. The Kier molecular flexibility index (Phi) is 4.81. The van der Waals surface area contributed by atoms with Crippen LogP contribution >= 0.6 is 11.8 Å². The van der Waals surface area contributed by atoms with Gasteiger partial charge in [-0.15, -0.1) is 11.8 Å². The first-order valence-corrected chi connectivity index (χ1v) is 7.26. The van der Waals surface area contributed by atoms with Gasteiger partial charge in [-0.2, -0.15) is 0 Å². The van der Waals surface area contributed by atoms with Crippen molar-refractivity contribution in [3.63, 3.8) is 0 Å². The number of hydrogen-bond donors (Lipinski definition) is 2. The quantitative estimate of drug-likeness (QED) is 0.817. The topological polar surface area (TPSA) is 67.4 Å². The van der Waals surface area contributed by atoms with Crippen molar-refractivity contribution in [3.8, 4) is 0 Å². The van der Waals surface area contributed by atoms with Crippen LogP contribution in [-0.2, 0) is 9.53 Å². The summed E-state index contributed by atoms with van der Waals surface area (Å²) in [4.78, 5) is 23.8. The van der Waals surface area contributed by atoms with Gasteiger partial charge in [0.05, 0.1) is 23.9 Å². The van der Waals surface area contributed by atoms with Gasteiger partial charge in [-0.1, -0.05) is 12.1 Å². The van der Waals surface area contributed by atoms with Crippen molar-refractivity contribution in [2.75, 3.05) is 23.6 Å². The lowest BCUT2D eigenvalue weighted by atomic mass is 10.1. The Bertz CT molecular complexity index is 473. The standard InChI is InChI=1S/C13H16N2O3S/c1-2-18-13(17)9-5-3-4-6-10(9)15-12(16)11-7-19-8-14-11/h3-6,11,14H,2,7-8H2,1H3,(H,15,16). The molecule has 0 spiro atoms. The number of para-hydroxylation sites is 1. The van der Waals surface area contributed by atoms with Crippen molar-refractivity contribution >= 4 is 29.3 Å². The summed E-state index contributed by atoms with van der Waals surface area (Å²) in [5, 5.41) is 5.86. The first-order valence-electron chi connectivity index (χ1n) is 6.10. The van der Waals surface area contributed by atoms with Crippen molar-refractivity contribution in [1.29, 1.82) is 0 Å². The second-order valence-corrected chi connectivity index (χ2v) is 5.06. The number of thioether (sulfide) groups is 1. The van der Waals surface area contributed by atoms with Gasteiger partial charge in [0.1, 0.15) is 0 Å². The van der Waals surface area contributed by atoms with E-state index in [1.807, 2.05) is 0 Å². The second-order valence-electron chi connectivity index (χ2n) is 4.03. The molecule has 1 unspecified atom stereocenters. The van der Waals surface area contributed by atoms with E-state index in [0.717, 1.165) is 11.6 Å². The first kappa shape index (κ1) is 13.9. The summed E-state index contributed by atoms with van der Waals surface area (Å²) in [6.45, 7) is 2.06. The van der Waals surface area contributed by atoms with Crippen LogP contribution in [0, 0.1) is 0 Å². The van der Waals surface area contributed by atoms with Crippen LogP contribution in [0.2, 0.25) is 0 Å². The summed E-state index contributed by atoms with van der Waals surface area (Å²) in [5.74, 6) is 0.972. The van der Waals surface area contributed by atoms with E-state index in [9.17, 15) is 9.59 Å². The zero-order valence-corrected chi connectivity index (χ0v) is 11.5. The Labute approximate surface area is 116 Å². The summed E-state index contributed by atoms with van der Waals surface area (Å²) in [7, 11) is 0. The lowest BCUT2D eigenvalue weighted by molar-refractivity contribution is -0.117. The molecule has 0 aromatic heterocycles. The number of esters is 1. The molecule has 1 aliphatic heterocycles. The molecule has 1 amide bonds. The van der Waals surface area contributed by atoms with Crippen LogP contribution in [-0.4, -0.2) is 36.2 Å². The molecule has 0 bridgehead atoms. The Morgan fingerprint density at radius 1 is 1.47 bits per heavy atom. The third-order valence-electron chi connectivity index (χ3n) is 2.71. The van der Waals surface area contributed by atoms with Gasteiger partial charge >= 0.3 is 5.97 Å². The summed E-state index contributed by atoms with van der Waals surface area (Å²) in [5.41, 5.74) is 0.869. The Balaban J connectivity index is 2.11. The molecular formula is C13H16N2O3S. The van der Waals surface area contributed by atoms with Gasteiger partial charge in [0, 0.05) is 11.6 Å². The normalized spacial score (nSPS) is 18.1. The molecule has 2 rings (SSSR count). The number of benzene rings is 1. The molecule has 5 nitrogen and oxygen atoms in total. The number of anilines is 1. The number of carbonyl (C=O) groups is 2. The van der Waals surface area contributed by atoms with Gasteiger partial charge in [0.25, 0.3) is 0 Å². The molecule has 1 heterocycles. The van der Waals surface area contributed by atoms with E-state index in [2.05, 4.69) is 10.6 Å². The molecular weight excluding hydrogens is 264 g/mol. The fraction of sp³-hybridized carbons (Fsp3) is 0.385. The minimum Gasteiger partial charge on any atom is -0.462 e. The van der Waals surface area contributed by atoms with Gasteiger partial charge in [-0.05, 0) is 19.1 Å². The van der Waals surface area contributed by atoms with Gasteiger partial charge in [-0.25, -0.2) is 4.79 Å². The molecule has 1 aromatic rings. The van der Waals surface area contributed by atoms with Crippen LogP contribution in [0.25, 0.3) is 0 Å². The van der Waals surface area contributed by atoms with Crippen LogP contribution < -0.4 is 10.6 Å². The minimum atomic E-state index is -0.424. The lowest BCUT2D eigenvalue weighted by Gasteiger charge is -2.13. The maximum atomic E-state index is 12.0. The molecule has 1 atom stereocenters. The third kappa shape index (κ3) is 3.48. The molecule has 1 aliphatic rings. The average molecular weight is 280 g/mol. The van der Waals surface area contributed by atoms with E-state index in [-0.39, 0.29) is 11.9 Å². The number of rotatable bonds is 4. The van der Waals surface area contributed by atoms with Crippen LogP contribution in [0.15, 0.2) is 24.3 Å². The van der Waals surface area contributed by atoms with Gasteiger partial charge in [0.15, 0.2) is 0 Å². The summed E-state index contributed by atoms with van der Waals surface area (Å²) in [6, 6.07) is 6.65. The maximum absolute atomic E-state index is 12.0. The fourth-order valence-electron chi connectivity index (χ4n) is 1.76. The van der Waals surface area contributed by atoms with Crippen molar-refractivity contribution in [2.24, 2.45) is 0 Å². The summed E-state index contributed by atoms with van der Waals surface area (Å²) < 4.78 is 4.97. The second kappa shape index (κ2) is 6.58. The monoisotopic (exact) mass is 280 g/mol. The van der Waals surface area contributed by atoms with Crippen molar-refractivity contribution in [3.05, 3.63) is 29.8 Å². The molecule has 19 heavy (non-hydrogen) atoms. The minimum absolute atomic E-state index is 0.123. The number of carbonyl (C=O) groups excluding carboxylic acids is 2. The maximum Gasteiger partial charge on any atom is 0.340 e. The molecule has 6 heteroatoms. The molecule has 2 N–H and O–H groups in total. The molecule has 1 saturated heterocycles. The highest BCUT2D eigenvalue weighted by molar-refractivity contribution is 7.99. The van der Waals surface area contributed by atoms with Gasteiger partial charge in [0.2, 0.25) is 5.91 Å². The van der Waals surface area contributed by atoms with Gasteiger partial charge < -0.3 is 10.1 Å². The Hall–Kier alpha value is -1.53. The SMILES string of the molecule is CCOC(=O)c1ccccc1NC(=O)C1CSCN1. The molecule has 0 saturated carbocycles. The number of amides is 1. The highest BCUT2D eigenvalue weighted by Crippen LogP contribution is 2.18. The van der Waals surface area contributed by atoms with Crippen LogP contribution in [0.4, 0.5) is 5.69 Å². The lowest BCUT2D eigenvalue weighted by Crippen LogP contribution is -2.37. The van der Waals surface area contributed by atoms with E-state index < -0.39 is 5.97 Å². The fourth-order valence-corrected chi connectivity index (χ4v) is 2.70. The van der Waals surface area contributed by atoms with Crippen LogP contribution in [0.3, 0.4) is 0 Å². The summed E-state index contributed by atoms with van der Waals surface area (Å²) in [6.07, 6.45) is 0. The third-order valence-corrected chi connectivity index (χ3v) is 3.65. The zero-order valence-electron chi connectivity index (χ0n) is 10.6. The molecule has 102 valence electrons. The van der Waals surface area contributed by atoms with E-state index in [1.165, 1.54) is 0 Å². The first-order chi connectivity index (χ1) is 9.22. The highest BCUT2D eigenvalue weighted by Gasteiger charge is 2.23. The Morgan fingerprint density at radius 3 is 2.95 bits per heavy atom. The molecule has 0 radical (unpaired) electrons. The number of hydrogen-bond acceptors (Lipinski definition) is 5. The van der Waals surface area contributed by atoms with Gasteiger partial charge in [-0.3, -0.25) is 10.1 Å². The molecule has 1 aromatic carbocycles. The largest absolute Gasteiger partial charge is 0.462 e. The highest BCUT2D eigenvalue weighted by atomic mass is 32.2. The molecule has 0 aliphatic carbocycles. The van der Waals surface area contributed by atoms with E-state index in [0.29, 0.717) is 17.9 Å². The van der Waals surface area contributed by atoms with E-state index in [4.69, 9.17) is 4.74 Å². The summed E-state index contributed by atoms with van der Waals surface area (Å²) >= 11 is 1.68. The smallest absolute Gasteiger partial charge is 0.340 e. The number of ether oxygens (including phenoxy) is 1. The molecule has 1 fully saturated rings. The van der Waals surface area contributed by atoms with Crippen LogP contribution in [0.1, 0.15) is 17.3 Å². The van der Waals surface area contributed by atoms with E-state index >= 15 is 0 Å². The van der Waals surface area contributed by atoms with Crippen molar-refractivity contribution in [2.45, 2.75) is 13.0 Å². The van der Waals surface area contributed by atoms with E-state index in [1.54, 1.807) is 43.0 Å². The van der Waals surface area contributed by atoms with Crippen molar-refractivity contribution in [1.82, 2.24) is 5.32 Å². The van der Waals surface area contributed by atoms with Crippen LogP contribution in [0.5, 0.6) is 0 Å². The predicted molar refractivity (Wildman–Crippen MR) is 75.3 cm³/mol. The number of nitrogens with one attached hydrogen (secondary N) is 2. The van der Waals surface area contributed by atoms with Crippen molar-refractivity contribution < 1.29 is 14.3 Å².